The average molecular weight is 424 g/mol. The molecule has 1 saturated heterocycles. The molecule has 4 nitrogen and oxygen atoms in total. The standard InChI is InChI=1S/C23H27F3O4/c1-5-7-15-10-28-18(29-11-15)12-27-17-9-16-8-14(4)22(19(24)13(3)6-2)30-23(16)21(26)20(17)25/h9,15,18H,3-8,10-12H2,1-2H3/b22-19-. The van der Waals surface area contributed by atoms with Gasteiger partial charge in [-0.3, -0.25) is 0 Å². The van der Waals surface area contributed by atoms with E-state index >= 15 is 0 Å². The maximum Gasteiger partial charge on any atom is 0.205 e. The molecule has 2 aliphatic rings. The van der Waals surface area contributed by atoms with Crippen molar-refractivity contribution in [3.8, 4) is 11.5 Å². The Bertz CT molecular complexity index is 854. The minimum absolute atomic E-state index is 0.0775. The fourth-order valence-electron chi connectivity index (χ4n) is 3.39. The number of hydrogen-bond donors (Lipinski definition) is 0. The Labute approximate surface area is 175 Å². The Hall–Kier alpha value is -2.25. The fraction of sp³-hybridized carbons (Fsp3) is 0.478. The van der Waals surface area contributed by atoms with Crippen LogP contribution in [0.4, 0.5) is 13.2 Å². The Morgan fingerprint density at radius 2 is 1.90 bits per heavy atom. The number of ether oxygens (including phenoxy) is 4. The molecular formula is C23H27F3O4. The van der Waals surface area contributed by atoms with Crippen LogP contribution >= 0.6 is 0 Å². The molecule has 30 heavy (non-hydrogen) atoms. The second kappa shape index (κ2) is 9.71. The molecule has 1 aromatic carbocycles. The van der Waals surface area contributed by atoms with Crippen LogP contribution < -0.4 is 9.47 Å². The zero-order valence-corrected chi connectivity index (χ0v) is 17.4. The van der Waals surface area contributed by atoms with Crippen LogP contribution in [0.25, 0.3) is 0 Å². The highest BCUT2D eigenvalue weighted by molar-refractivity contribution is 5.52. The first-order chi connectivity index (χ1) is 14.3. The topological polar surface area (TPSA) is 36.9 Å². The monoisotopic (exact) mass is 424 g/mol. The first-order valence-electron chi connectivity index (χ1n) is 10.2. The van der Waals surface area contributed by atoms with Crippen molar-refractivity contribution in [2.45, 2.75) is 45.8 Å². The summed E-state index contributed by atoms with van der Waals surface area (Å²) in [6.07, 6.45) is 1.85. The van der Waals surface area contributed by atoms with Crippen molar-refractivity contribution in [3.63, 3.8) is 0 Å². The van der Waals surface area contributed by atoms with Gasteiger partial charge < -0.3 is 18.9 Å². The summed E-state index contributed by atoms with van der Waals surface area (Å²) in [5.74, 6) is -3.69. The number of fused-ring (bicyclic) bond motifs is 1. The third-order valence-corrected chi connectivity index (χ3v) is 5.18. The van der Waals surface area contributed by atoms with Gasteiger partial charge >= 0.3 is 0 Å². The number of hydrogen-bond acceptors (Lipinski definition) is 4. The quantitative estimate of drug-likeness (QED) is 0.557. The van der Waals surface area contributed by atoms with Crippen LogP contribution in [0, 0.1) is 17.6 Å². The summed E-state index contributed by atoms with van der Waals surface area (Å²) in [5, 5.41) is 0. The van der Waals surface area contributed by atoms with Crippen molar-refractivity contribution in [2.24, 2.45) is 5.92 Å². The van der Waals surface area contributed by atoms with Gasteiger partial charge in [0.15, 0.2) is 29.4 Å². The van der Waals surface area contributed by atoms with Gasteiger partial charge in [0.05, 0.1) is 13.2 Å². The molecule has 0 radical (unpaired) electrons. The molecule has 0 spiro atoms. The molecule has 0 amide bonds. The summed E-state index contributed by atoms with van der Waals surface area (Å²) in [7, 11) is 0. The minimum Gasteiger partial charge on any atom is -0.485 e. The first-order valence-corrected chi connectivity index (χ1v) is 10.2. The first kappa shape index (κ1) is 22.4. The molecule has 7 heteroatoms. The average Bonchev–Trinajstić information content (AvgIpc) is 2.75. The zero-order valence-electron chi connectivity index (χ0n) is 17.4. The van der Waals surface area contributed by atoms with Crippen molar-refractivity contribution in [1.29, 1.82) is 0 Å². The summed E-state index contributed by atoms with van der Waals surface area (Å²) in [6, 6.07) is 1.34. The molecule has 3 rings (SSSR count). The van der Waals surface area contributed by atoms with Crippen LogP contribution in [0.5, 0.6) is 11.5 Å². The van der Waals surface area contributed by atoms with E-state index in [1.54, 1.807) is 6.92 Å². The van der Waals surface area contributed by atoms with Gasteiger partial charge in [0.2, 0.25) is 11.6 Å². The molecule has 0 aliphatic carbocycles. The smallest absolute Gasteiger partial charge is 0.205 e. The summed E-state index contributed by atoms with van der Waals surface area (Å²) >= 11 is 0. The molecule has 0 atom stereocenters. The highest BCUT2D eigenvalue weighted by Crippen LogP contribution is 2.41. The Balaban J connectivity index is 1.73. The maximum atomic E-state index is 14.7. The molecule has 1 aromatic rings. The maximum absolute atomic E-state index is 14.7. The van der Waals surface area contributed by atoms with Crippen LogP contribution in [0.2, 0.25) is 0 Å². The Morgan fingerprint density at radius 1 is 1.20 bits per heavy atom. The van der Waals surface area contributed by atoms with Crippen molar-refractivity contribution in [1.82, 2.24) is 0 Å². The van der Waals surface area contributed by atoms with Gasteiger partial charge in [-0.1, -0.05) is 33.4 Å². The van der Waals surface area contributed by atoms with E-state index in [1.165, 1.54) is 6.07 Å². The molecule has 2 aliphatic heterocycles. The van der Waals surface area contributed by atoms with Crippen LogP contribution in [-0.2, 0) is 15.9 Å². The summed E-state index contributed by atoms with van der Waals surface area (Å²) < 4.78 is 65.6. The Kier molecular flexibility index (Phi) is 7.26. The van der Waals surface area contributed by atoms with Crippen molar-refractivity contribution in [3.05, 3.63) is 59.2 Å². The highest BCUT2D eigenvalue weighted by atomic mass is 19.2. The van der Waals surface area contributed by atoms with Gasteiger partial charge in [-0.2, -0.15) is 8.78 Å². The van der Waals surface area contributed by atoms with E-state index in [-0.39, 0.29) is 35.9 Å². The van der Waals surface area contributed by atoms with Gasteiger partial charge in [-0.05, 0) is 30.1 Å². The predicted molar refractivity (Wildman–Crippen MR) is 107 cm³/mol. The number of halogens is 3. The number of allylic oxidation sites excluding steroid dienone is 3. The lowest BCUT2D eigenvalue weighted by atomic mass is 9.98. The molecule has 0 bridgehead atoms. The second-order valence-corrected chi connectivity index (χ2v) is 7.54. The van der Waals surface area contributed by atoms with E-state index in [1.807, 2.05) is 0 Å². The molecule has 0 N–H and O–H groups in total. The normalized spacial score (nSPS) is 22.9. The van der Waals surface area contributed by atoms with E-state index in [0.29, 0.717) is 36.7 Å². The molecular weight excluding hydrogens is 397 g/mol. The SMILES string of the molecule is C=C(CC)/C(F)=C1/Oc2c(cc(OCC3OCC(CCC)CO3)c(F)c2F)CC1=C. The molecule has 164 valence electrons. The number of rotatable bonds is 7. The van der Waals surface area contributed by atoms with Crippen molar-refractivity contribution < 1.29 is 32.1 Å². The van der Waals surface area contributed by atoms with E-state index in [0.717, 1.165) is 12.8 Å². The van der Waals surface area contributed by atoms with Crippen molar-refractivity contribution >= 4 is 0 Å². The van der Waals surface area contributed by atoms with E-state index in [9.17, 15) is 13.2 Å². The number of benzene rings is 1. The Morgan fingerprint density at radius 3 is 2.53 bits per heavy atom. The fourth-order valence-corrected chi connectivity index (χ4v) is 3.39. The van der Waals surface area contributed by atoms with E-state index < -0.39 is 23.8 Å². The summed E-state index contributed by atoms with van der Waals surface area (Å²) in [6.45, 7) is 12.2. The lowest BCUT2D eigenvalue weighted by molar-refractivity contribution is -0.212. The lowest BCUT2D eigenvalue weighted by Gasteiger charge is -2.29. The van der Waals surface area contributed by atoms with Crippen LogP contribution in [0.15, 0.2) is 42.0 Å². The predicted octanol–water partition coefficient (Wildman–Crippen LogP) is 5.77. The van der Waals surface area contributed by atoms with Crippen LogP contribution in [-0.4, -0.2) is 26.1 Å². The minimum atomic E-state index is -1.24. The molecule has 1 fully saturated rings. The lowest BCUT2D eigenvalue weighted by Crippen LogP contribution is -2.35. The van der Waals surface area contributed by atoms with Crippen LogP contribution in [0.3, 0.4) is 0 Å². The third kappa shape index (κ3) is 4.73. The third-order valence-electron chi connectivity index (χ3n) is 5.18. The highest BCUT2D eigenvalue weighted by Gasteiger charge is 2.30. The van der Waals surface area contributed by atoms with Crippen molar-refractivity contribution in [2.75, 3.05) is 19.8 Å². The van der Waals surface area contributed by atoms with Gasteiger partial charge in [-0.15, -0.1) is 0 Å². The molecule has 0 saturated carbocycles. The van der Waals surface area contributed by atoms with E-state index in [2.05, 4.69) is 20.1 Å². The van der Waals surface area contributed by atoms with Crippen LogP contribution in [0.1, 0.15) is 38.7 Å². The largest absolute Gasteiger partial charge is 0.485 e. The zero-order chi connectivity index (χ0) is 21.8. The summed E-state index contributed by atoms with van der Waals surface area (Å²) in [4.78, 5) is 0. The van der Waals surface area contributed by atoms with Gasteiger partial charge in [0.25, 0.3) is 0 Å². The van der Waals surface area contributed by atoms with Gasteiger partial charge in [0, 0.05) is 17.9 Å². The van der Waals surface area contributed by atoms with Gasteiger partial charge in [-0.25, -0.2) is 4.39 Å². The summed E-state index contributed by atoms with van der Waals surface area (Å²) in [5.41, 5.74) is 0.831. The molecule has 2 heterocycles. The molecule has 0 aromatic heterocycles. The van der Waals surface area contributed by atoms with E-state index in [4.69, 9.17) is 18.9 Å². The van der Waals surface area contributed by atoms with Gasteiger partial charge in [0.1, 0.15) is 6.61 Å². The second-order valence-electron chi connectivity index (χ2n) is 7.54. The molecule has 0 unspecified atom stereocenters.